The first-order chi connectivity index (χ1) is 12.6. The highest BCUT2D eigenvalue weighted by Crippen LogP contribution is 2.16. The third-order valence-electron chi connectivity index (χ3n) is 4.58. The Morgan fingerprint density at radius 3 is 2.38 bits per heavy atom. The Bertz CT molecular complexity index is 723. The smallest absolute Gasteiger partial charge is 0.287 e. The lowest BCUT2D eigenvalue weighted by Crippen LogP contribution is -2.56. The summed E-state index contributed by atoms with van der Waals surface area (Å²) in [5, 5.41) is 2.81. The number of piperazine rings is 1. The van der Waals surface area contributed by atoms with Crippen LogP contribution in [0.1, 0.15) is 24.4 Å². The van der Waals surface area contributed by atoms with Crippen LogP contribution in [0.2, 0.25) is 0 Å². The van der Waals surface area contributed by atoms with Crippen LogP contribution >= 0.6 is 0 Å². The summed E-state index contributed by atoms with van der Waals surface area (Å²) in [6.45, 7) is 6.62. The lowest BCUT2D eigenvalue weighted by Gasteiger charge is -2.38. The standard InChI is InChI=1S/C19H24N4O3/c1-14(2)17(21-18(24)16-4-3-13-26-16)19(25)23-11-9-22(10-12-23)15-5-7-20-8-6-15/h3-8,13-14,17H,9-12H2,1-2H3,(H,21,24)/t17-/m0/s1. The highest BCUT2D eigenvalue weighted by Gasteiger charge is 2.31. The molecular formula is C19H24N4O3. The van der Waals surface area contributed by atoms with Crippen LogP contribution in [0, 0.1) is 5.92 Å². The van der Waals surface area contributed by atoms with E-state index in [-0.39, 0.29) is 23.5 Å². The number of pyridine rings is 1. The number of amides is 2. The summed E-state index contributed by atoms with van der Waals surface area (Å²) >= 11 is 0. The molecule has 1 N–H and O–H groups in total. The van der Waals surface area contributed by atoms with Crippen LogP contribution in [0.3, 0.4) is 0 Å². The third-order valence-corrected chi connectivity index (χ3v) is 4.58. The van der Waals surface area contributed by atoms with Crippen molar-refractivity contribution in [2.75, 3.05) is 31.1 Å². The highest BCUT2D eigenvalue weighted by molar-refractivity contribution is 5.95. The van der Waals surface area contributed by atoms with Crippen molar-refractivity contribution in [3.8, 4) is 0 Å². The van der Waals surface area contributed by atoms with Crippen LogP contribution in [0.5, 0.6) is 0 Å². The Balaban J connectivity index is 1.60. The molecule has 1 aliphatic heterocycles. The van der Waals surface area contributed by atoms with Crippen LogP contribution in [0.15, 0.2) is 47.3 Å². The molecule has 26 heavy (non-hydrogen) atoms. The number of rotatable bonds is 5. The maximum atomic E-state index is 12.9. The summed E-state index contributed by atoms with van der Waals surface area (Å²) in [4.78, 5) is 33.3. The molecule has 3 rings (SSSR count). The van der Waals surface area contributed by atoms with Gasteiger partial charge in [0, 0.05) is 44.3 Å². The number of hydrogen-bond donors (Lipinski definition) is 1. The summed E-state index contributed by atoms with van der Waals surface area (Å²) in [7, 11) is 0. The predicted molar refractivity (Wildman–Crippen MR) is 97.8 cm³/mol. The second kappa shape index (κ2) is 8.03. The van der Waals surface area contributed by atoms with E-state index >= 15 is 0 Å². The second-order valence-electron chi connectivity index (χ2n) is 6.69. The molecule has 3 heterocycles. The van der Waals surface area contributed by atoms with Crippen molar-refractivity contribution in [2.45, 2.75) is 19.9 Å². The minimum Gasteiger partial charge on any atom is -0.459 e. The van der Waals surface area contributed by atoms with E-state index in [4.69, 9.17) is 4.42 Å². The van der Waals surface area contributed by atoms with E-state index < -0.39 is 6.04 Å². The van der Waals surface area contributed by atoms with Gasteiger partial charge < -0.3 is 19.5 Å². The molecule has 1 atom stereocenters. The normalized spacial score (nSPS) is 15.8. The lowest BCUT2D eigenvalue weighted by atomic mass is 10.0. The first-order valence-electron chi connectivity index (χ1n) is 8.84. The topological polar surface area (TPSA) is 78.7 Å². The van der Waals surface area contributed by atoms with Crippen molar-refractivity contribution in [1.29, 1.82) is 0 Å². The summed E-state index contributed by atoms with van der Waals surface area (Å²) in [5.41, 5.74) is 1.11. The molecule has 0 saturated carbocycles. The highest BCUT2D eigenvalue weighted by atomic mass is 16.3. The largest absolute Gasteiger partial charge is 0.459 e. The number of anilines is 1. The third kappa shape index (κ3) is 4.04. The Labute approximate surface area is 153 Å². The maximum Gasteiger partial charge on any atom is 0.287 e. The second-order valence-corrected chi connectivity index (χ2v) is 6.69. The molecule has 2 amide bonds. The molecule has 0 aliphatic carbocycles. The van der Waals surface area contributed by atoms with E-state index in [1.54, 1.807) is 24.5 Å². The molecule has 0 radical (unpaired) electrons. The molecule has 0 unspecified atom stereocenters. The zero-order valence-electron chi connectivity index (χ0n) is 15.1. The molecule has 2 aromatic heterocycles. The molecule has 0 bridgehead atoms. The number of carbonyl (C=O) groups is 2. The van der Waals surface area contributed by atoms with Crippen LogP contribution < -0.4 is 10.2 Å². The van der Waals surface area contributed by atoms with E-state index in [9.17, 15) is 9.59 Å². The van der Waals surface area contributed by atoms with E-state index in [0.29, 0.717) is 13.1 Å². The van der Waals surface area contributed by atoms with Gasteiger partial charge in [-0.2, -0.15) is 0 Å². The molecule has 1 saturated heterocycles. The van der Waals surface area contributed by atoms with Crippen LogP contribution in [0.25, 0.3) is 0 Å². The Morgan fingerprint density at radius 1 is 1.12 bits per heavy atom. The maximum absolute atomic E-state index is 12.9. The van der Waals surface area contributed by atoms with Gasteiger partial charge in [0.25, 0.3) is 5.91 Å². The first-order valence-corrected chi connectivity index (χ1v) is 8.84. The van der Waals surface area contributed by atoms with Crippen molar-refractivity contribution < 1.29 is 14.0 Å². The molecule has 0 aromatic carbocycles. The number of carbonyl (C=O) groups excluding carboxylic acids is 2. The van der Waals surface area contributed by atoms with Crippen molar-refractivity contribution in [1.82, 2.24) is 15.2 Å². The summed E-state index contributed by atoms with van der Waals surface area (Å²) < 4.78 is 5.12. The summed E-state index contributed by atoms with van der Waals surface area (Å²) in [5.74, 6) is -0.211. The fourth-order valence-electron chi connectivity index (χ4n) is 3.07. The van der Waals surface area contributed by atoms with Gasteiger partial charge in [-0.1, -0.05) is 13.8 Å². The number of hydrogen-bond acceptors (Lipinski definition) is 5. The van der Waals surface area contributed by atoms with Gasteiger partial charge >= 0.3 is 0 Å². The Morgan fingerprint density at radius 2 is 1.81 bits per heavy atom. The van der Waals surface area contributed by atoms with Gasteiger partial charge in [-0.15, -0.1) is 0 Å². The molecule has 7 heteroatoms. The number of nitrogens with one attached hydrogen (secondary N) is 1. The van der Waals surface area contributed by atoms with Gasteiger partial charge in [0.1, 0.15) is 6.04 Å². The number of aromatic nitrogens is 1. The summed E-state index contributed by atoms with van der Waals surface area (Å²) in [6.07, 6.45) is 4.98. The first kappa shape index (κ1) is 18.0. The SMILES string of the molecule is CC(C)[C@H](NC(=O)c1ccco1)C(=O)N1CCN(c2ccncc2)CC1. The van der Waals surface area contributed by atoms with Crippen LogP contribution in [-0.4, -0.2) is 53.9 Å². The number of furan rings is 1. The average molecular weight is 356 g/mol. The van der Waals surface area contributed by atoms with Gasteiger partial charge in [0.05, 0.1) is 6.26 Å². The molecule has 2 aromatic rings. The predicted octanol–water partition coefficient (Wildman–Crippen LogP) is 1.78. The zero-order chi connectivity index (χ0) is 18.5. The van der Waals surface area contributed by atoms with Gasteiger partial charge in [-0.25, -0.2) is 0 Å². The van der Waals surface area contributed by atoms with Gasteiger partial charge in [-0.05, 0) is 30.2 Å². The van der Waals surface area contributed by atoms with E-state index in [1.165, 1.54) is 6.26 Å². The molecular weight excluding hydrogens is 332 g/mol. The zero-order valence-corrected chi connectivity index (χ0v) is 15.1. The average Bonchev–Trinajstić information content (AvgIpc) is 3.21. The van der Waals surface area contributed by atoms with Crippen molar-refractivity contribution in [2.24, 2.45) is 5.92 Å². The van der Waals surface area contributed by atoms with Gasteiger partial charge in [0.2, 0.25) is 5.91 Å². The lowest BCUT2D eigenvalue weighted by molar-refractivity contribution is -0.134. The minimum absolute atomic E-state index is 0.0142. The van der Waals surface area contributed by atoms with E-state index in [2.05, 4.69) is 15.2 Å². The fourth-order valence-corrected chi connectivity index (χ4v) is 3.07. The fraction of sp³-hybridized carbons (Fsp3) is 0.421. The monoisotopic (exact) mass is 356 g/mol. The minimum atomic E-state index is -0.569. The van der Waals surface area contributed by atoms with Crippen molar-refractivity contribution in [3.05, 3.63) is 48.7 Å². The van der Waals surface area contributed by atoms with Crippen LogP contribution in [0.4, 0.5) is 5.69 Å². The molecule has 1 aliphatic rings. The quantitative estimate of drug-likeness (QED) is 0.883. The molecule has 138 valence electrons. The van der Waals surface area contributed by atoms with Gasteiger partial charge in [0.15, 0.2) is 5.76 Å². The van der Waals surface area contributed by atoms with Crippen molar-refractivity contribution >= 4 is 17.5 Å². The van der Waals surface area contributed by atoms with Crippen LogP contribution in [-0.2, 0) is 4.79 Å². The Hall–Kier alpha value is -2.83. The van der Waals surface area contributed by atoms with Gasteiger partial charge in [-0.3, -0.25) is 14.6 Å². The van der Waals surface area contributed by atoms with E-state index in [0.717, 1.165) is 18.8 Å². The van der Waals surface area contributed by atoms with Crippen molar-refractivity contribution in [3.63, 3.8) is 0 Å². The summed E-state index contributed by atoms with van der Waals surface area (Å²) in [6, 6.07) is 6.61. The number of nitrogens with zero attached hydrogens (tertiary/aromatic N) is 3. The molecule has 1 fully saturated rings. The van der Waals surface area contributed by atoms with E-state index in [1.807, 2.05) is 30.9 Å². The molecule has 0 spiro atoms. The molecule has 7 nitrogen and oxygen atoms in total. The Kier molecular flexibility index (Phi) is 5.55.